The highest BCUT2D eigenvalue weighted by molar-refractivity contribution is 9.10. The van der Waals surface area contributed by atoms with Crippen LogP contribution in [-0.4, -0.2) is 4.98 Å². The SMILES string of the molecule is Fc1cc(NSc2c[nH]c3c(Br)c(Cl)ccc23)c(F)cc1Cl. The zero-order valence-electron chi connectivity index (χ0n) is 10.7. The van der Waals surface area contributed by atoms with Gasteiger partial charge in [0.1, 0.15) is 11.6 Å². The first-order valence-corrected chi connectivity index (χ1v) is 8.36. The maximum Gasteiger partial charge on any atom is 0.148 e. The summed E-state index contributed by atoms with van der Waals surface area (Å²) in [6.45, 7) is 0. The second kappa shape index (κ2) is 6.28. The first-order valence-electron chi connectivity index (χ1n) is 6.00. The highest BCUT2D eigenvalue weighted by atomic mass is 79.9. The van der Waals surface area contributed by atoms with Crippen LogP contribution >= 0.6 is 51.1 Å². The number of nitrogens with one attached hydrogen (secondary N) is 2. The van der Waals surface area contributed by atoms with Gasteiger partial charge in [0.2, 0.25) is 0 Å². The van der Waals surface area contributed by atoms with Gasteiger partial charge in [-0.05, 0) is 40.0 Å². The predicted octanol–water partition coefficient (Wildman–Crippen LogP) is 6.63. The van der Waals surface area contributed by atoms with E-state index in [1.54, 1.807) is 12.3 Å². The molecule has 0 radical (unpaired) electrons. The largest absolute Gasteiger partial charge is 0.359 e. The lowest BCUT2D eigenvalue weighted by Crippen LogP contribution is -1.92. The fourth-order valence-electron chi connectivity index (χ4n) is 1.91. The molecular weight excluding hydrogens is 417 g/mol. The van der Waals surface area contributed by atoms with Crippen molar-refractivity contribution in [3.8, 4) is 0 Å². The number of hydrogen-bond acceptors (Lipinski definition) is 2. The highest BCUT2D eigenvalue weighted by Gasteiger charge is 2.12. The van der Waals surface area contributed by atoms with E-state index >= 15 is 0 Å². The minimum absolute atomic E-state index is 0.0225. The molecule has 0 saturated carbocycles. The number of benzene rings is 2. The van der Waals surface area contributed by atoms with Crippen LogP contribution in [0.4, 0.5) is 14.5 Å². The highest BCUT2D eigenvalue weighted by Crippen LogP contribution is 2.36. The fourth-order valence-corrected chi connectivity index (χ4v) is 3.45. The number of halogens is 5. The van der Waals surface area contributed by atoms with E-state index in [2.05, 4.69) is 25.6 Å². The molecule has 2 N–H and O–H groups in total. The molecule has 114 valence electrons. The summed E-state index contributed by atoms with van der Waals surface area (Å²) in [7, 11) is 0. The molecule has 0 amide bonds. The lowest BCUT2D eigenvalue weighted by Gasteiger charge is -2.07. The third kappa shape index (κ3) is 2.93. The standard InChI is InChI=1S/C14H7BrCl2F2N2S/c15-13-7(16)2-1-6-12(5-20-14(6)13)22-21-11-4-9(18)8(17)3-10(11)19/h1-5,20-21H. The Morgan fingerprint density at radius 2 is 1.86 bits per heavy atom. The number of rotatable bonds is 3. The minimum atomic E-state index is -0.681. The molecule has 0 aliphatic heterocycles. The van der Waals surface area contributed by atoms with Crippen molar-refractivity contribution in [2.45, 2.75) is 4.90 Å². The second-order valence-electron chi connectivity index (χ2n) is 4.39. The van der Waals surface area contributed by atoms with Crippen LogP contribution in [0.25, 0.3) is 10.9 Å². The summed E-state index contributed by atoms with van der Waals surface area (Å²) in [5, 5.41) is 1.24. The summed E-state index contributed by atoms with van der Waals surface area (Å²) in [6, 6.07) is 5.56. The molecule has 0 bridgehead atoms. The zero-order valence-corrected chi connectivity index (χ0v) is 14.6. The summed E-state index contributed by atoms with van der Waals surface area (Å²) in [5.41, 5.74) is 0.855. The van der Waals surface area contributed by atoms with Crippen LogP contribution in [0.15, 0.2) is 39.8 Å². The number of anilines is 1. The molecule has 0 aliphatic carbocycles. The van der Waals surface area contributed by atoms with Crippen molar-refractivity contribution < 1.29 is 8.78 Å². The van der Waals surface area contributed by atoms with Crippen LogP contribution in [0, 0.1) is 11.6 Å². The molecule has 1 aromatic heterocycles. The fraction of sp³-hybridized carbons (Fsp3) is 0. The summed E-state index contributed by atoms with van der Waals surface area (Å²) in [5.74, 6) is -1.30. The summed E-state index contributed by atoms with van der Waals surface area (Å²) in [4.78, 5) is 3.91. The van der Waals surface area contributed by atoms with E-state index in [4.69, 9.17) is 23.2 Å². The number of H-pyrrole nitrogens is 1. The van der Waals surface area contributed by atoms with Gasteiger partial charge in [-0.2, -0.15) is 0 Å². The molecule has 2 nitrogen and oxygen atoms in total. The van der Waals surface area contributed by atoms with Crippen molar-refractivity contribution in [3.63, 3.8) is 0 Å². The Bertz CT molecular complexity index is 870. The third-order valence-corrected chi connectivity index (χ3v) is 5.53. The second-order valence-corrected chi connectivity index (χ2v) is 6.84. The van der Waals surface area contributed by atoms with Gasteiger partial charge in [0.05, 0.1) is 30.6 Å². The zero-order chi connectivity index (χ0) is 15.9. The average Bonchev–Trinajstić information content (AvgIpc) is 2.89. The van der Waals surface area contributed by atoms with Crippen LogP contribution in [0.5, 0.6) is 0 Å². The van der Waals surface area contributed by atoms with E-state index in [1.807, 2.05) is 6.07 Å². The molecule has 22 heavy (non-hydrogen) atoms. The van der Waals surface area contributed by atoms with Gasteiger partial charge in [-0.3, -0.25) is 0 Å². The molecule has 0 spiro atoms. The van der Waals surface area contributed by atoms with Crippen molar-refractivity contribution in [2.75, 3.05) is 4.72 Å². The maximum atomic E-state index is 13.7. The van der Waals surface area contributed by atoms with Crippen LogP contribution in [-0.2, 0) is 0 Å². The van der Waals surface area contributed by atoms with Crippen LogP contribution in [0.1, 0.15) is 0 Å². The molecule has 0 aliphatic rings. The third-order valence-electron chi connectivity index (χ3n) is 2.99. The summed E-state index contributed by atoms with van der Waals surface area (Å²) in [6.07, 6.45) is 1.76. The Kier molecular flexibility index (Phi) is 4.54. The molecule has 3 rings (SSSR count). The van der Waals surface area contributed by atoms with Gasteiger partial charge in [0.25, 0.3) is 0 Å². The Balaban J connectivity index is 1.89. The molecule has 3 aromatic rings. The summed E-state index contributed by atoms with van der Waals surface area (Å²) < 4.78 is 30.7. The number of hydrogen-bond donors (Lipinski definition) is 2. The average molecular weight is 424 g/mol. The topological polar surface area (TPSA) is 27.8 Å². The first-order chi connectivity index (χ1) is 10.5. The lowest BCUT2D eigenvalue weighted by molar-refractivity contribution is 0.604. The Morgan fingerprint density at radius 3 is 2.64 bits per heavy atom. The number of fused-ring (bicyclic) bond motifs is 1. The molecule has 0 atom stereocenters. The van der Waals surface area contributed by atoms with Crippen molar-refractivity contribution in [1.82, 2.24) is 4.98 Å². The first kappa shape index (κ1) is 15.9. The summed E-state index contributed by atoms with van der Waals surface area (Å²) >= 11 is 16.1. The van der Waals surface area contributed by atoms with Gasteiger partial charge >= 0.3 is 0 Å². The van der Waals surface area contributed by atoms with E-state index < -0.39 is 11.6 Å². The Labute approximate surface area is 147 Å². The normalized spacial score (nSPS) is 11.1. The van der Waals surface area contributed by atoms with Crippen molar-refractivity contribution in [1.29, 1.82) is 0 Å². The van der Waals surface area contributed by atoms with Crippen molar-refractivity contribution in [3.05, 3.63) is 56.6 Å². The Hall–Kier alpha value is -0.950. The van der Waals surface area contributed by atoms with E-state index in [1.165, 1.54) is 0 Å². The molecule has 0 unspecified atom stereocenters. The van der Waals surface area contributed by atoms with E-state index in [0.717, 1.165) is 44.4 Å². The number of aromatic amines is 1. The monoisotopic (exact) mass is 422 g/mol. The smallest absolute Gasteiger partial charge is 0.148 e. The van der Waals surface area contributed by atoms with Crippen molar-refractivity contribution >= 4 is 67.7 Å². The lowest BCUT2D eigenvalue weighted by atomic mass is 10.2. The number of aromatic nitrogens is 1. The van der Waals surface area contributed by atoms with E-state index in [9.17, 15) is 8.78 Å². The van der Waals surface area contributed by atoms with Gasteiger partial charge in [-0.15, -0.1) is 0 Å². The van der Waals surface area contributed by atoms with Gasteiger partial charge in [0.15, 0.2) is 0 Å². The van der Waals surface area contributed by atoms with Gasteiger partial charge < -0.3 is 9.71 Å². The maximum absolute atomic E-state index is 13.7. The quantitative estimate of drug-likeness (QED) is 0.365. The van der Waals surface area contributed by atoms with Gasteiger partial charge in [-0.25, -0.2) is 8.78 Å². The Morgan fingerprint density at radius 1 is 1.09 bits per heavy atom. The molecule has 1 heterocycles. The minimum Gasteiger partial charge on any atom is -0.359 e. The van der Waals surface area contributed by atoms with Crippen LogP contribution in [0.3, 0.4) is 0 Å². The molecule has 2 aromatic carbocycles. The van der Waals surface area contributed by atoms with Gasteiger partial charge in [-0.1, -0.05) is 29.3 Å². The van der Waals surface area contributed by atoms with Crippen LogP contribution in [0.2, 0.25) is 10.0 Å². The van der Waals surface area contributed by atoms with E-state index in [-0.39, 0.29) is 10.7 Å². The van der Waals surface area contributed by atoms with Gasteiger partial charge in [0, 0.05) is 17.6 Å². The van der Waals surface area contributed by atoms with E-state index in [0.29, 0.717) is 5.02 Å². The molecular formula is C14H7BrCl2F2N2S. The van der Waals surface area contributed by atoms with Crippen molar-refractivity contribution in [2.24, 2.45) is 0 Å². The van der Waals surface area contributed by atoms with Crippen LogP contribution < -0.4 is 4.72 Å². The predicted molar refractivity (Wildman–Crippen MR) is 91.9 cm³/mol. The molecule has 0 saturated heterocycles. The molecule has 8 heteroatoms. The molecule has 0 fully saturated rings.